The highest BCUT2D eigenvalue weighted by Gasteiger charge is 2.04. The highest BCUT2D eigenvalue weighted by Crippen LogP contribution is 2.05. The molecule has 0 radical (unpaired) electrons. The van der Waals surface area contributed by atoms with E-state index in [9.17, 15) is 0 Å². The molecule has 3 rings (SSSR count). The van der Waals surface area contributed by atoms with Crippen LogP contribution in [0.2, 0.25) is 0 Å². The zero-order chi connectivity index (χ0) is 17.5. The van der Waals surface area contributed by atoms with Gasteiger partial charge in [0, 0.05) is 32.8 Å². The summed E-state index contributed by atoms with van der Waals surface area (Å²) in [5.41, 5.74) is 3.40. The number of hydrogen-bond acceptors (Lipinski definition) is 3. The van der Waals surface area contributed by atoms with Crippen LogP contribution in [0.5, 0.6) is 0 Å². The Balaban J connectivity index is 0.00000243. The summed E-state index contributed by atoms with van der Waals surface area (Å²) in [5.74, 6) is 1.80. The van der Waals surface area contributed by atoms with E-state index >= 15 is 0 Å². The lowest BCUT2D eigenvalue weighted by molar-refractivity contribution is 0.714. The van der Waals surface area contributed by atoms with Crippen LogP contribution in [0.4, 0.5) is 0 Å². The molecule has 6 nitrogen and oxygen atoms in total. The van der Waals surface area contributed by atoms with Gasteiger partial charge in [0.15, 0.2) is 11.6 Å². The molecule has 0 atom stereocenters. The quantitative estimate of drug-likeness (QED) is 0.255. The first-order chi connectivity index (χ1) is 12.3. The molecule has 0 amide bonds. The van der Waals surface area contributed by atoms with Gasteiger partial charge < -0.3 is 10.6 Å². The van der Waals surface area contributed by atoms with E-state index in [1.54, 1.807) is 7.05 Å². The van der Waals surface area contributed by atoms with Gasteiger partial charge in [0.05, 0.1) is 0 Å². The van der Waals surface area contributed by atoms with Crippen molar-refractivity contribution in [3.63, 3.8) is 0 Å². The fourth-order valence-corrected chi connectivity index (χ4v) is 2.74. The molecule has 0 bridgehead atoms. The monoisotopic (exact) mass is 464 g/mol. The molecule has 2 heterocycles. The normalized spacial score (nSPS) is 11.2. The highest BCUT2D eigenvalue weighted by atomic mass is 127. The number of guanidine groups is 1. The van der Waals surface area contributed by atoms with Crippen molar-refractivity contribution < 1.29 is 0 Å². The van der Waals surface area contributed by atoms with Gasteiger partial charge in [-0.05, 0) is 31.0 Å². The zero-order valence-corrected chi connectivity index (χ0v) is 17.5. The van der Waals surface area contributed by atoms with Crippen molar-refractivity contribution in [2.24, 2.45) is 4.99 Å². The van der Waals surface area contributed by atoms with E-state index in [1.807, 2.05) is 28.8 Å². The summed E-state index contributed by atoms with van der Waals surface area (Å²) < 4.78 is 2.03. The number of fused-ring (bicyclic) bond motifs is 1. The Bertz CT molecular complexity index is 858. The molecular weight excluding hydrogens is 439 g/mol. The summed E-state index contributed by atoms with van der Waals surface area (Å²) in [5, 5.41) is 15.1. The number of aromatic nitrogens is 3. The maximum absolute atomic E-state index is 4.27. The predicted molar refractivity (Wildman–Crippen MR) is 116 cm³/mol. The Hall–Kier alpha value is -2.16. The number of pyridine rings is 1. The van der Waals surface area contributed by atoms with Crippen LogP contribution < -0.4 is 10.6 Å². The predicted octanol–water partition coefficient (Wildman–Crippen LogP) is 2.95. The fourth-order valence-electron chi connectivity index (χ4n) is 2.74. The average molecular weight is 464 g/mol. The molecule has 1 aromatic carbocycles. The minimum atomic E-state index is 0. The molecule has 26 heavy (non-hydrogen) atoms. The number of nitrogens with zero attached hydrogens (tertiary/aromatic N) is 4. The molecular formula is C19H25IN6. The van der Waals surface area contributed by atoms with Crippen molar-refractivity contribution in [1.29, 1.82) is 0 Å². The standard InChI is InChI=1S/C19H24N6.HI/c1-15-7-5-8-16(13-15)14-22-19(20-2)21-11-6-10-18-24-23-17-9-3-4-12-25(17)18;/h3-5,7-9,12-13H,6,10-11,14H2,1-2H3,(H2,20,21,22);1H. The number of aryl methyl sites for hydroxylation is 2. The number of benzene rings is 1. The second kappa shape index (κ2) is 10.1. The Morgan fingerprint density at radius 1 is 1.12 bits per heavy atom. The SMILES string of the molecule is CN=C(NCCCc1nnc2ccccn12)NCc1cccc(C)c1.I. The third-order valence-electron chi connectivity index (χ3n) is 4.02. The van der Waals surface area contributed by atoms with E-state index in [0.29, 0.717) is 0 Å². The molecule has 0 fully saturated rings. The smallest absolute Gasteiger partial charge is 0.191 e. The molecule has 7 heteroatoms. The fraction of sp³-hybridized carbons (Fsp3) is 0.316. The summed E-state index contributed by atoms with van der Waals surface area (Å²) in [6.07, 6.45) is 3.83. The summed E-state index contributed by atoms with van der Waals surface area (Å²) in [4.78, 5) is 4.27. The minimum Gasteiger partial charge on any atom is -0.356 e. The maximum atomic E-state index is 4.27. The molecule has 0 spiro atoms. The van der Waals surface area contributed by atoms with E-state index in [2.05, 4.69) is 57.0 Å². The number of aliphatic imine (C=N–C) groups is 1. The molecule has 138 valence electrons. The van der Waals surface area contributed by atoms with Crippen molar-refractivity contribution in [3.8, 4) is 0 Å². The number of halogens is 1. The maximum Gasteiger partial charge on any atom is 0.191 e. The molecule has 2 aromatic heterocycles. The third kappa shape index (κ3) is 5.42. The topological polar surface area (TPSA) is 66.6 Å². The van der Waals surface area contributed by atoms with Crippen LogP contribution in [0.15, 0.2) is 53.7 Å². The lowest BCUT2D eigenvalue weighted by Gasteiger charge is -2.12. The van der Waals surface area contributed by atoms with Gasteiger partial charge in [-0.15, -0.1) is 34.2 Å². The van der Waals surface area contributed by atoms with E-state index in [0.717, 1.165) is 43.4 Å². The third-order valence-corrected chi connectivity index (χ3v) is 4.02. The van der Waals surface area contributed by atoms with Gasteiger partial charge in [0.1, 0.15) is 5.82 Å². The second-order valence-electron chi connectivity index (χ2n) is 5.99. The van der Waals surface area contributed by atoms with Crippen LogP contribution >= 0.6 is 24.0 Å². The van der Waals surface area contributed by atoms with Crippen molar-refractivity contribution >= 4 is 35.6 Å². The molecule has 0 saturated heterocycles. The summed E-state index contributed by atoms with van der Waals surface area (Å²) >= 11 is 0. The summed E-state index contributed by atoms with van der Waals surface area (Å²) in [6, 6.07) is 14.4. The first-order valence-corrected chi connectivity index (χ1v) is 8.55. The van der Waals surface area contributed by atoms with Crippen LogP contribution in [0, 0.1) is 6.92 Å². The summed E-state index contributed by atoms with van der Waals surface area (Å²) in [6.45, 7) is 3.69. The van der Waals surface area contributed by atoms with E-state index in [1.165, 1.54) is 11.1 Å². The van der Waals surface area contributed by atoms with Crippen LogP contribution in [0.1, 0.15) is 23.4 Å². The molecule has 0 saturated carbocycles. The number of hydrogen-bond donors (Lipinski definition) is 2. The Kier molecular flexibility index (Phi) is 7.83. The first-order valence-electron chi connectivity index (χ1n) is 8.55. The van der Waals surface area contributed by atoms with Gasteiger partial charge in [0.2, 0.25) is 0 Å². The minimum absolute atomic E-state index is 0. The van der Waals surface area contributed by atoms with Crippen LogP contribution in [0.25, 0.3) is 5.65 Å². The van der Waals surface area contributed by atoms with Gasteiger partial charge in [-0.3, -0.25) is 9.39 Å². The van der Waals surface area contributed by atoms with Gasteiger partial charge in [0.25, 0.3) is 0 Å². The number of rotatable bonds is 6. The highest BCUT2D eigenvalue weighted by molar-refractivity contribution is 14.0. The van der Waals surface area contributed by atoms with Gasteiger partial charge in [-0.25, -0.2) is 0 Å². The van der Waals surface area contributed by atoms with Crippen LogP contribution in [-0.2, 0) is 13.0 Å². The van der Waals surface area contributed by atoms with Crippen molar-refractivity contribution in [2.45, 2.75) is 26.3 Å². The van der Waals surface area contributed by atoms with Crippen LogP contribution in [-0.4, -0.2) is 34.2 Å². The second-order valence-corrected chi connectivity index (χ2v) is 5.99. The van der Waals surface area contributed by atoms with Crippen LogP contribution in [0.3, 0.4) is 0 Å². The molecule has 3 aromatic rings. The van der Waals surface area contributed by atoms with E-state index < -0.39 is 0 Å². The largest absolute Gasteiger partial charge is 0.356 e. The molecule has 2 N–H and O–H groups in total. The summed E-state index contributed by atoms with van der Waals surface area (Å²) in [7, 11) is 1.79. The average Bonchev–Trinajstić information content (AvgIpc) is 3.04. The van der Waals surface area contributed by atoms with Crippen molar-refractivity contribution in [3.05, 3.63) is 65.6 Å². The van der Waals surface area contributed by atoms with E-state index in [4.69, 9.17) is 0 Å². The van der Waals surface area contributed by atoms with Gasteiger partial charge in [-0.1, -0.05) is 35.9 Å². The molecule has 0 aliphatic heterocycles. The van der Waals surface area contributed by atoms with Gasteiger partial charge in [-0.2, -0.15) is 0 Å². The number of nitrogens with one attached hydrogen (secondary N) is 2. The first kappa shape index (κ1) is 20.2. The Morgan fingerprint density at radius 3 is 2.81 bits per heavy atom. The van der Waals surface area contributed by atoms with Crippen molar-refractivity contribution in [1.82, 2.24) is 25.2 Å². The Labute approximate surface area is 171 Å². The lowest BCUT2D eigenvalue weighted by Crippen LogP contribution is -2.37. The van der Waals surface area contributed by atoms with Gasteiger partial charge >= 0.3 is 0 Å². The molecule has 0 aliphatic rings. The Morgan fingerprint density at radius 2 is 2.00 bits per heavy atom. The molecule has 0 unspecified atom stereocenters. The lowest BCUT2D eigenvalue weighted by atomic mass is 10.1. The van der Waals surface area contributed by atoms with Crippen molar-refractivity contribution in [2.75, 3.05) is 13.6 Å². The molecule has 0 aliphatic carbocycles. The van der Waals surface area contributed by atoms with E-state index in [-0.39, 0.29) is 24.0 Å². The zero-order valence-electron chi connectivity index (χ0n) is 15.1.